The number of nitrogens with one attached hydrogen (secondary N) is 1. The summed E-state index contributed by atoms with van der Waals surface area (Å²) in [5.74, 6) is -0.297. The average Bonchev–Trinajstić information content (AvgIpc) is 2.54. The number of amides is 1. The van der Waals surface area contributed by atoms with E-state index in [9.17, 15) is 14.9 Å². The molecule has 2 aromatic rings. The summed E-state index contributed by atoms with van der Waals surface area (Å²) in [5, 5.41) is 13.7. The third-order valence-corrected chi connectivity index (χ3v) is 3.21. The molecule has 0 saturated heterocycles. The van der Waals surface area contributed by atoms with E-state index in [1.54, 1.807) is 18.2 Å². The van der Waals surface area contributed by atoms with Crippen LogP contribution in [0.2, 0.25) is 0 Å². The van der Waals surface area contributed by atoms with Crippen LogP contribution < -0.4 is 5.32 Å². The van der Waals surface area contributed by atoms with Crippen LogP contribution in [0.5, 0.6) is 0 Å². The second-order valence-corrected chi connectivity index (χ2v) is 4.79. The van der Waals surface area contributed by atoms with Gasteiger partial charge >= 0.3 is 0 Å². The number of carbonyl (C=O) groups excluding carboxylic acids is 1. The molecule has 5 nitrogen and oxygen atoms in total. The maximum Gasteiger partial charge on any atom is 0.276 e. The fraction of sp³-hybridized carbons (Fsp3) is 0.118. The molecule has 22 heavy (non-hydrogen) atoms. The number of nitrogens with zero attached hydrogens (tertiary/aromatic N) is 1. The van der Waals surface area contributed by atoms with Crippen molar-refractivity contribution in [1.29, 1.82) is 0 Å². The maximum absolute atomic E-state index is 11.9. The molecule has 0 aromatic heterocycles. The Balaban J connectivity index is 2.05. The topological polar surface area (TPSA) is 72.2 Å². The van der Waals surface area contributed by atoms with Crippen molar-refractivity contribution in [3.8, 4) is 0 Å². The SMILES string of the molecule is C[C@H](NC(=O)/C=C/c1ccccc1[N+](=O)[O-])c1ccccc1. The molecule has 112 valence electrons. The molecule has 0 unspecified atom stereocenters. The largest absolute Gasteiger partial charge is 0.346 e. The molecule has 0 fully saturated rings. The van der Waals surface area contributed by atoms with Crippen molar-refractivity contribution in [2.75, 3.05) is 0 Å². The van der Waals surface area contributed by atoms with Crippen molar-refractivity contribution in [2.24, 2.45) is 0 Å². The summed E-state index contributed by atoms with van der Waals surface area (Å²) in [7, 11) is 0. The third kappa shape index (κ3) is 4.02. The first kappa shape index (κ1) is 15.4. The van der Waals surface area contributed by atoms with Gasteiger partial charge in [0.1, 0.15) is 0 Å². The fourth-order valence-electron chi connectivity index (χ4n) is 2.05. The van der Waals surface area contributed by atoms with Crippen molar-refractivity contribution in [3.63, 3.8) is 0 Å². The van der Waals surface area contributed by atoms with Gasteiger partial charge in [0.05, 0.1) is 16.5 Å². The molecular weight excluding hydrogens is 280 g/mol. The molecule has 0 bridgehead atoms. The first-order valence-corrected chi connectivity index (χ1v) is 6.85. The quantitative estimate of drug-likeness (QED) is 0.521. The maximum atomic E-state index is 11.9. The highest BCUT2D eigenvalue weighted by Crippen LogP contribution is 2.19. The van der Waals surface area contributed by atoms with Gasteiger partial charge in [-0.15, -0.1) is 0 Å². The Bertz CT molecular complexity index is 696. The van der Waals surface area contributed by atoms with Crippen molar-refractivity contribution in [1.82, 2.24) is 5.32 Å². The minimum atomic E-state index is -0.468. The molecule has 0 radical (unpaired) electrons. The van der Waals surface area contributed by atoms with Crippen LogP contribution in [0.25, 0.3) is 6.08 Å². The Labute approximate surface area is 128 Å². The molecule has 2 rings (SSSR count). The molecule has 0 aliphatic rings. The predicted molar refractivity (Wildman–Crippen MR) is 85.1 cm³/mol. The molecule has 1 atom stereocenters. The minimum Gasteiger partial charge on any atom is -0.346 e. The minimum absolute atomic E-state index is 0.0253. The van der Waals surface area contributed by atoms with E-state index in [0.29, 0.717) is 5.56 Å². The Morgan fingerprint density at radius 3 is 2.45 bits per heavy atom. The van der Waals surface area contributed by atoms with Crippen LogP contribution in [0.15, 0.2) is 60.7 Å². The normalized spacial score (nSPS) is 12.0. The van der Waals surface area contributed by atoms with Gasteiger partial charge in [0.2, 0.25) is 5.91 Å². The summed E-state index contributed by atoms with van der Waals surface area (Å²) in [6, 6.07) is 15.7. The standard InChI is InChI=1S/C17H16N2O3/c1-13(14-7-3-2-4-8-14)18-17(20)12-11-15-9-5-6-10-16(15)19(21)22/h2-13H,1H3,(H,18,20)/b12-11+/t13-/m0/s1. The van der Waals surface area contributed by atoms with Crippen molar-refractivity contribution >= 4 is 17.7 Å². The molecule has 2 aromatic carbocycles. The number of benzene rings is 2. The van der Waals surface area contributed by atoms with Gasteiger partial charge in [0.25, 0.3) is 5.69 Å². The van der Waals surface area contributed by atoms with Crippen LogP contribution in [0, 0.1) is 10.1 Å². The van der Waals surface area contributed by atoms with E-state index in [-0.39, 0.29) is 17.6 Å². The second kappa shape index (κ2) is 7.17. The highest BCUT2D eigenvalue weighted by Gasteiger charge is 2.10. The van der Waals surface area contributed by atoms with E-state index < -0.39 is 4.92 Å². The smallest absolute Gasteiger partial charge is 0.276 e. The number of para-hydroxylation sites is 1. The van der Waals surface area contributed by atoms with Crippen LogP contribution >= 0.6 is 0 Å². The fourth-order valence-corrected chi connectivity index (χ4v) is 2.05. The van der Waals surface area contributed by atoms with Crippen molar-refractivity contribution < 1.29 is 9.72 Å². The van der Waals surface area contributed by atoms with Crippen LogP contribution in [-0.2, 0) is 4.79 Å². The molecule has 0 spiro atoms. The molecule has 1 amide bonds. The molecule has 0 aliphatic carbocycles. The van der Waals surface area contributed by atoms with Gasteiger partial charge in [0.15, 0.2) is 0 Å². The molecule has 0 saturated carbocycles. The van der Waals surface area contributed by atoms with E-state index in [2.05, 4.69) is 5.32 Å². The Morgan fingerprint density at radius 2 is 1.77 bits per heavy atom. The lowest BCUT2D eigenvalue weighted by atomic mass is 10.1. The highest BCUT2D eigenvalue weighted by atomic mass is 16.6. The Hall–Kier alpha value is -2.95. The lowest BCUT2D eigenvalue weighted by Gasteiger charge is -2.12. The molecular formula is C17H16N2O3. The van der Waals surface area contributed by atoms with Crippen LogP contribution in [0.1, 0.15) is 24.1 Å². The van der Waals surface area contributed by atoms with E-state index in [0.717, 1.165) is 5.56 Å². The van der Waals surface area contributed by atoms with Gasteiger partial charge in [-0.1, -0.05) is 42.5 Å². The van der Waals surface area contributed by atoms with E-state index in [1.165, 1.54) is 18.2 Å². The first-order valence-electron chi connectivity index (χ1n) is 6.85. The van der Waals surface area contributed by atoms with E-state index >= 15 is 0 Å². The third-order valence-electron chi connectivity index (χ3n) is 3.21. The highest BCUT2D eigenvalue weighted by molar-refractivity contribution is 5.92. The van der Waals surface area contributed by atoms with Crippen LogP contribution in [0.4, 0.5) is 5.69 Å². The number of hydrogen-bond donors (Lipinski definition) is 1. The summed E-state index contributed by atoms with van der Waals surface area (Å²) >= 11 is 0. The second-order valence-electron chi connectivity index (χ2n) is 4.79. The summed E-state index contributed by atoms with van der Waals surface area (Å²) in [5.41, 5.74) is 1.37. The van der Waals surface area contributed by atoms with Gasteiger partial charge in [-0.25, -0.2) is 0 Å². The van der Waals surface area contributed by atoms with E-state index in [4.69, 9.17) is 0 Å². The predicted octanol–water partition coefficient (Wildman–Crippen LogP) is 3.49. The summed E-state index contributed by atoms with van der Waals surface area (Å²) in [6.07, 6.45) is 2.76. The number of hydrogen-bond acceptors (Lipinski definition) is 3. The van der Waals surface area contributed by atoms with Crippen LogP contribution in [-0.4, -0.2) is 10.8 Å². The Kier molecular flexibility index (Phi) is 5.03. The van der Waals surface area contributed by atoms with E-state index in [1.807, 2.05) is 37.3 Å². The summed E-state index contributed by atoms with van der Waals surface area (Å²) < 4.78 is 0. The zero-order valence-corrected chi connectivity index (χ0v) is 12.1. The molecule has 1 N–H and O–H groups in total. The molecule has 5 heteroatoms. The zero-order chi connectivity index (χ0) is 15.9. The number of nitro benzene ring substituents is 1. The average molecular weight is 296 g/mol. The summed E-state index contributed by atoms with van der Waals surface area (Å²) in [4.78, 5) is 22.3. The van der Waals surface area contributed by atoms with Gasteiger partial charge in [-0.2, -0.15) is 0 Å². The van der Waals surface area contributed by atoms with Crippen molar-refractivity contribution in [3.05, 3.63) is 81.9 Å². The van der Waals surface area contributed by atoms with Crippen LogP contribution in [0.3, 0.4) is 0 Å². The first-order chi connectivity index (χ1) is 10.6. The van der Waals surface area contributed by atoms with Crippen molar-refractivity contribution in [2.45, 2.75) is 13.0 Å². The van der Waals surface area contributed by atoms with Gasteiger partial charge in [0, 0.05) is 12.1 Å². The number of rotatable bonds is 5. The lowest BCUT2D eigenvalue weighted by molar-refractivity contribution is -0.385. The zero-order valence-electron chi connectivity index (χ0n) is 12.1. The number of nitro groups is 1. The van der Waals surface area contributed by atoms with Gasteiger partial charge < -0.3 is 5.32 Å². The number of carbonyl (C=O) groups is 1. The van der Waals surface area contributed by atoms with Gasteiger partial charge in [-0.05, 0) is 24.6 Å². The Morgan fingerprint density at radius 1 is 1.14 bits per heavy atom. The molecule has 0 heterocycles. The van der Waals surface area contributed by atoms with Gasteiger partial charge in [-0.3, -0.25) is 14.9 Å². The molecule has 0 aliphatic heterocycles. The monoisotopic (exact) mass is 296 g/mol. The lowest BCUT2D eigenvalue weighted by Crippen LogP contribution is -2.24. The summed E-state index contributed by atoms with van der Waals surface area (Å²) in [6.45, 7) is 1.88.